The van der Waals surface area contributed by atoms with Gasteiger partial charge in [0.25, 0.3) is 0 Å². The standard InChI is InChI=1S/C15H16BrNO.C2H2O4/c1-18-14-8-6-12(7-9-14)10-17-11-13-4-2-3-5-15(13)16;3-1(4)2(5)6/h2-9,17H,10-11H2,1H3;(H,3,4)(H,5,6). The maximum atomic E-state index is 9.10. The molecule has 0 amide bonds. The van der Waals surface area contributed by atoms with Gasteiger partial charge in [0, 0.05) is 17.6 Å². The Labute approximate surface area is 148 Å². The monoisotopic (exact) mass is 395 g/mol. The second-order valence-corrected chi connectivity index (χ2v) is 5.51. The fraction of sp³-hybridized carbons (Fsp3) is 0.176. The average molecular weight is 396 g/mol. The first-order chi connectivity index (χ1) is 11.4. The maximum Gasteiger partial charge on any atom is 0.414 e. The molecular weight excluding hydrogens is 378 g/mol. The summed E-state index contributed by atoms with van der Waals surface area (Å²) in [6.45, 7) is 1.71. The summed E-state index contributed by atoms with van der Waals surface area (Å²) in [5, 5.41) is 18.2. The zero-order chi connectivity index (χ0) is 17.9. The molecular formula is C17H18BrNO5. The van der Waals surface area contributed by atoms with E-state index in [9.17, 15) is 0 Å². The lowest BCUT2D eigenvalue weighted by Crippen LogP contribution is -2.12. The Bertz CT molecular complexity index is 661. The Hall–Kier alpha value is -2.38. The molecule has 3 N–H and O–H groups in total. The van der Waals surface area contributed by atoms with Crippen LogP contribution in [-0.2, 0) is 22.7 Å². The minimum atomic E-state index is -1.82. The number of halogens is 1. The van der Waals surface area contributed by atoms with E-state index in [0.29, 0.717) is 0 Å². The fourth-order valence-electron chi connectivity index (χ4n) is 1.73. The lowest BCUT2D eigenvalue weighted by atomic mass is 10.2. The van der Waals surface area contributed by atoms with E-state index in [1.807, 2.05) is 18.2 Å². The van der Waals surface area contributed by atoms with Gasteiger partial charge in [0.2, 0.25) is 0 Å². The van der Waals surface area contributed by atoms with Gasteiger partial charge < -0.3 is 20.3 Å². The molecule has 2 rings (SSSR count). The maximum absolute atomic E-state index is 9.10. The third-order valence-corrected chi connectivity index (χ3v) is 3.72. The fourth-order valence-corrected chi connectivity index (χ4v) is 2.15. The predicted molar refractivity (Wildman–Crippen MR) is 93.0 cm³/mol. The normalized spacial score (nSPS) is 9.58. The second-order valence-electron chi connectivity index (χ2n) is 4.65. The molecule has 0 aromatic heterocycles. The van der Waals surface area contributed by atoms with Crippen LogP contribution in [0.15, 0.2) is 53.0 Å². The van der Waals surface area contributed by atoms with Gasteiger partial charge in [-0.3, -0.25) is 0 Å². The first-order valence-electron chi connectivity index (χ1n) is 6.97. The minimum Gasteiger partial charge on any atom is -0.497 e. The van der Waals surface area contributed by atoms with Gasteiger partial charge in [-0.2, -0.15) is 0 Å². The van der Waals surface area contributed by atoms with Gasteiger partial charge in [0.05, 0.1) is 7.11 Å². The van der Waals surface area contributed by atoms with E-state index in [4.69, 9.17) is 24.5 Å². The average Bonchev–Trinajstić information content (AvgIpc) is 2.57. The molecule has 7 heteroatoms. The summed E-state index contributed by atoms with van der Waals surface area (Å²) in [5.74, 6) is -2.76. The number of ether oxygens (including phenoxy) is 1. The molecule has 0 atom stereocenters. The second kappa shape index (κ2) is 10.4. The van der Waals surface area contributed by atoms with Crippen LogP contribution in [0.3, 0.4) is 0 Å². The molecule has 0 aliphatic rings. The predicted octanol–water partition coefficient (Wildman–Crippen LogP) is 2.90. The molecule has 0 spiro atoms. The zero-order valence-corrected chi connectivity index (χ0v) is 14.6. The molecule has 0 saturated carbocycles. The van der Waals surface area contributed by atoms with Crippen LogP contribution in [0, 0.1) is 0 Å². The Morgan fingerprint density at radius 3 is 2.08 bits per heavy atom. The van der Waals surface area contributed by atoms with Crippen molar-refractivity contribution in [1.29, 1.82) is 0 Å². The summed E-state index contributed by atoms with van der Waals surface area (Å²) in [6, 6.07) is 16.4. The quantitative estimate of drug-likeness (QED) is 0.673. The summed E-state index contributed by atoms with van der Waals surface area (Å²) in [4.78, 5) is 18.2. The van der Waals surface area contributed by atoms with Crippen molar-refractivity contribution in [3.63, 3.8) is 0 Å². The number of nitrogens with one attached hydrogen (secondary N) is 1. The van der Waals surface area contributed by atoms with Crippen molar-refractivity contribution in [2.75, 3.05) is 7.11 Å². The summed E-state index contributed by atoms with van der Waals surface area (Å²) >= 11 is 3.55. The van der Waals surface area contributed by atoms with Crippen molar-refractivity contribution < 1.29 is 24.5 Å². The molecule has 0 bridgehead atoms. The molecule has 0 radical (unpaired) electrons. The lowest BCUT2D eigenvalue weighted by Gasteiger charge is -2.07. The SMILES string of the molecule is COc1ccc(CNCc2ccccc2Br)cc1.O=C(O)C(=O)O. The summed E-state index contributed by atoms with van der Waals surface area (Å²) < 4.78 is 6.28. The van der Waals surface area contributed by atoms with E-state index in [1.165, 1.54) is 11.1 Å². The molecule has 0 heterocycles. The van der Waals surface area contributed by atoms with E-state index < -0.39 is 11.9 Å². The zero-order valence-electron chi connectivity index (χ0n) is 13.0. The first-order valence-corrected chi connectivity index (χ1v) is 7.76. The third kappa shape index (κ3) is 7.26. The van der Waals surface area contributed by atoms with Gasteiger partial charge in [0.1, 0.15) is 5.75 Å². The molecule has 6 nitrogen and oxygen atoms in total. The highest BCUT2D eigenvalue weighted by Crippen LogP contribution is 2.16. The number of benzene rings is 2. The number of carboxylic acid groups (broad SMARTS) is 2. The van der Waals surface area contributed by atoms with Gasteiger partial charge in [0.15, 0.2) is 0 Å². The molecule has 128 valence electrons. The lowest BCUT2D eigenvalue weighted by molar-refractivity contribution is -0.159. The van der Waals surface area contributed by atoms with Crippen LogP contribution in [0.25, 0.3) is 0 Å². The van der Waals surface area contributed by atoms with Crippen LogP contribution in [-0.4, -0.2) is 29.3 Å². The van der Waals surface area contributed by atoms with Crippen molar-refractivity contribution in [2.24, 2.45) is 0 Å². The Balaban J connectivity index is 0.000000413. The number of carboxylic acids is 2. The van der Waals surface area contributed by atoms with Gasteiger partial charge >= 0.3 is 11.9 Å². The number of hydrogen-bond donors (Lipinski definition) is 3. The van der Waals surface area contributed by atoms with Crippen molar-refractivity contribution in [2.45, 2.75) is 13.1 Å². The van der Waals surface area contributed by atoms with E-state index in [1.54, 1.807) is 7.11 Å². The molecule has 0 unspecified atom stereocenters. The molecule has 0 fully saturated rings. The third-order valence-electron chi connectivity index (χ3n) is 2.94. The van der Waals surface area contributed by atoms with Crippen LogP contribution in [0.5, 0.6) is 5.75 Å². The van der Waals surface area contributed by atoms with Crippen LogP contribution >= 0.6 is 15.9 Å². The smallest absolute Gasteiger partial charge is 0.414 e. The highest BCUT2D eigenvalue weighted by atomic mass is 79.9. The van der Waals surface area contributed by atoms with E-state index in [-0.39, 0.29) is 0 Å². The number of rotatable bonds is 5. The van der Waals surface area contributed by atoms with Crippen LogP contribution in [0.4, 0.5) is 0 Å². The molecule has 0 aliphatic heterocycles. The van der Waals surface area contributed by atoms with Crippen molar-refractivity contribution in [3.05, 3.63) is 64.1 Å². The molecule has 24 heavy (non-hydrogen) atoms. The molecule has 2 aromatic carbocycles. The van der Waals surface area contributed by atoms with Crippen molar-refractivity contribution >= 4 is 27.9 Å². The Kier molecular flexibility index (Phi) is 8.53. The van der Waals surface area contributed by atoms with Gasteiger partial charge in [-0.05, 0) is 29.3 Å². The van der Waals surface area contributed by atoms with Crippen LogP contribution < -0.4 is 10.1 Å². The Morgan fingerprint density at radius 2 is 1.58 bits per heavy atom. The summed E-state index contributed by atoms with van der Waals surface area (Å²) in [5.41, 5.74) is 2.52. The first kappa shape index (κ1) is 19.7. The largest absolute Gasteiger partial charge is 0.497 e. The summed E-state index contributed by atoms with van der Waals surface area (Å²) in [7, 11) is 1.68. The molecule has 0 saturated heterocycles. The van der Waals surface area contributed by atoms with Crippen LogP contribution in [0.1, 0.15) is 11.1 Å². The van der Waals surface area contributed by atoms with Crippen molar-refractivity contribution in [1.82, 2.24) is 5.32 Å². The van der Waals surface area contributed by atoms with Crippen LogP contribution in [0.2, 0.25) is 0 Å². The minimum absolute atomic E-state index is 0.853. The highest BCUT2D eigenvalue weighted by molar-refractivity contribution is 9.10. The van der Waals surface area contributed by atoms with Gasteiger partial charge in [-0.15, -0.1) is 0 Å². The molecule has 2 aromatic rings. The number of carbonyl (C=O) groups is 2. The summed E-state index contributed by atoms with van der Waals surface area (Å²) in [6.07, 6.45) is 0. The van der Waals surface area contributed by atoms with Gasteiger partial charge in [-0.25, -0.2) is 9.59 Å². The number of hydrogen-bond acceptors (Lipinski definition) is 4. The van der Waals surface area contributed by atoms with E-state index >= 15 is 0 Å². The van der Waals surface area contributed by atoms with Crippen molar-refractivity contribution in [3.8, 4) is 5.75 Å². The Morgan fingerprint density at radius 1 is 1.00 bits per heavy atom. The number of methoxy groups -OCH3 is 1. The number of aliphatic carboxylic acids is 2. The topological polar surface area (TPSA) is 95.9 Å². The molecule has 0 aliphatic carbocycles. The van der Waals surface area contributed by atoms with E-state index in [2.05, 4.69) is 51.6 Å². The van der Waals surface area contributed by atoms with E-state index in [0.717, 1.165) is 23.3 Å². The highest BCUT2D eigenvalue weighted by Gasteiger charge is 2.04. The van der Waals surface area contributed by atoms with Gasteiger partial charge in [-0.1, -0.05) is 46.3 Å².